The van der Waals surface area contributed by atoms with Gasteiger partial charge in [-0.05, 0) is 29.2 Å². The van der Waals surface area contributed by atoms with Gasteiger partial charge in [-0.25, -0.2) is 0 Å². The van der Waals surface area contributed by atoms with Gasteiger partial charge in [-0.3, -0.25) is 14.9 Å². The van der Waals surface area contributed by atoms with Gasteiger partial charge in [0.1, 0.15) is 5.50 Å². The minimum atomic E-state index is -0.190. The van der Waals surface area contributed by atoms with Gasteiger partial charge in [-0.15, -0.1) is 11.8 Å². The Bertz CT molecular complexity index is 793. The van der Waals surface area contributed by atoms with Crippen LogP contribution in [-0.2, 0) is 15.3 Å². The van der Waals surface area contributed by atoms with E-state index in [2.05, 4.69) is 41.9 Å². The zero-order valence-electron chi connectivity index (χ0n) is 16.3. The first-order valence-electron chi connectivity index (χ1n) is 9.60. The summed E-state index contributed by atoms with van der Waals surface area (Å²) in [5, 5.41) is 9.23. The molecule has 5 nitrogen and oxygen atoms in total. The van der Waals surface area contributed by atoms with E-state index in [9.17, 15) is 9.59 Å². The zero-order chi connectivity index (χ0) is 19.9. The minimum Gasteiger partial charge on any atom is -0.332 e. The smallest absolute Gasteiger partial charge is 0.225 e. The fourth-order valence-corrected chi connectivity index (χ4v) is 4.16. The van der Waals surface area contributed by atoms with Crippen LogP contribution in [0.2, 0.25) is 0 Å². The summed E-state index contributed by atoms with van der Waals surface area (Å²) in [5.74, 6) is 1.14. The zero-order valence-corrected chi connectivity index (χ0v) is 17.1. The first-order valence-corrected chi connectivity index (χ1v) is 10.6. The third kappa shape index (κ3) is 6.11. The van der Waals surface area contributed by atoms with Crippen molar-refractivity contribution in [3.8, 4) is 0 Å². The highest BCUT2D eigenvalue weighted by Crippen LogP contribution is 2.20. The number of rotatable bonds is 7. The molecule has 1 saturated heterocycles. The predicted octanol–water partition coefficient (Wildman–Crippen LogP) is 3.83. The quantitative estimate of drug-likeness (QED) is 0.664. The predicted molar refractivity (Wildman–Crippen MR) is 115 cm³/mol. The second-order valence-electron chi connectivity index (χ2n) is 7.34. The third-order valence-electron chi connectivity index (χ3n) is 4.66. The summed E-state index contributed by atoms with van der Waals surface area (Å²) in [7, 11) is 0. The molecule has 0 aromatic heterocycles. The van der Waals surface area contributed by atoms with Crippen LogP contribution in [0.3, 0.4) is 0 Å². The molecule has 1 aliphatic rings. The van der Waals surface area contributed by atoms with Crippen LogP contribution in [0.25, 0.3) is 0 Å². The van der Waals surface area contributed by atoms with Crippen molar-refractivity contribution in [2.75, 3.05) is 5.32 Å². The Labute approximate surface area is 170 Å². The van der Waals surface area contributed by atoms with Crippen LogP contribution in [0.4, 0.5) is 5.69 Å². The highest BCUT2D eigenvalue weighted by Gasteiger charge is 2.27. The van der Waals surface area contributed by atoms with Crippen molar-refractivity contribution in [1.29, 1.82) is 0 Å². The first kappa shape index (κ1) is 20.4. The van der Waals surface area contributed by atoms with Gasteiger partial charge in [0.25, 0.3) is 0 Å². The maximum absolute atomic E-state index is 12.4. The lowest BCUT2D eigenvalue weighted by molar-refractivity contribution is -0.124. The molecule has 2 amide bonds. The summed E-state index contributed by atoms with van der Waals surface area (Å²) in [6, 6.07) is 17.9. The van der Waals surface area contributed by atoms with E-state index < -0.39 is 0 Å². The van der Waals surface area contributed by atoms with Gasteiger partial charge in [0.05, 0.1) is 0 Å². The summed E-state index contributed by atoms with van der Waals surface area (Å²) in [5.41, 5.74) is 3.03. The van der Waals surface area contributed by atoms with Crippen molar-refractivity contribution in [3.63, 3.8) is 0 Å². The highest BCUT2D eigenvalue weighted by atomic mass is 32.2. The molecule has 3 N–H and O–H groups in total. The molecule has 2 atom stereocenters. The van der Waals surface area contributed by atoms with Gasteiger partial charge in [0.2, 0.25) is 11.8 Å². The molecule has 0 aliphatic carbocycles. The Morgan fingerprint density at radius 3 is 2.54 bits per heavy atom. The average molecular weight is 398 g/mol. The second-order valence-corrected chi connectivity index (χ2v) is 8.43. The van der Waals surface area contributed by atoms with Crippen LogP contribution in [-0.4, -0.2) is 23.4 Å². The number of benzene rings is 2. The summed E-state index contributed by atoms with van der Waals surface area (Å²) < 4.78 is 0. The Hall–Kier alpha value is -2.31. The van der Waals surface area contributed by atoms with Gasteiger partial charge < -0.3 is 10.6 Å². The number of nitrogens with one attached hydrogen (secondary N) is 3. The number of hydrogen-bond donors (Lipinski definition) is 3. The van der Waals surface area contributed by atoms with Crippen molar-refractivity contribution >= 4 is 29.3 Å². The monoisotopic (exact) mass is 397 g/mol. The molecular weight excluding hydrogens is 370 g/mol. The molecule has 2 unspecified atom stereocenters. The van der Waals surface area contributed by atoms with Crippen molar-refractivity contribution < 1.29 is 9.59 Å². The van der Waals surface area contributed by atoms with Gasteiger partial charge in [0.15, 0.2) is 0 Å². The molecule has 0 radical (unpaired) electrons. The molecular formula is C22H27N3O2S. The highest BCUT2D eigenvalue weighted by molar-refractivity contribution is 7.99. The van der Waals surface area contributed by atoms with E-state index in [0.29, 0.717) is 12.3 Å². The molecule has 28 heavy (non-hydrogen) atoms. The number of hydrogen-bond acceptors (Lipinski definition) is 4. The Morgan fingerprint density at radius 1 is 1.14 bits per heavy atom. The number of thioether (sulfide) groups is 1. The standard InChI is InChI=1S/C22H27N3O2S/c1-15(2)17-8-10-18(11-9-17)23-20(26)12-19-13-21(27)25-22(24-19)28-14-16-6-4-3-5-7-16/h3-11,15,19,22,24H,12-14H2,1-2H3,(H,23,26)(H,25,27). The Balaban J connectivity index is 1.49. The summed E-state index contributed by atoms with van der Waals surface area (Å²) in [6.45, 7) is 4.28. The molecule has 1 aliphatic heterocycles. The fraction of sp³-hybridized carbons (Fsp3) is 0.364. The van der Waals surface area contributed by atoms with Gasteiger partial charge >= 0.3 is 0 Å². The molecule has 6 heteroatoms. The Morgan fingerprint density at radius 2 is 1.86 bits per heavy atom. The van der Waals surface area contributed by atoms with Crippen LogP contribution in [0.1, 0.15) is 43.7 Å². The normalized spacial score (nSPS) is 19.3. The lowest BCUT2D eigenvalue weighted by atomic mass is 10.0. The SMILES string of the molecule is CC(C)c1ccc(NC(=O)CC2CC(=O)NC(SCc3ccccc3)N2)cc1. The number of carbonyl (C=O) groups is 2. The second kappa shape index (κ2) is 9.75. The summed E-state index contributed by atoms with van der Waals surface area (Å²) in [6.07, 6.45) is 0.573. The molecule has 0 spiro atoms. The van der Waals surface area contributed by atoms with Crippen molar-refractivity contribution in [3.05, 3.63) is 65.7 Å². The third-order valence-corrected chi connectivity index (χ3v) is 5.75. The summed E-state index contributed by atoms with van der Waals surface area (Å²) >= 11 is 1.62. The lowest BCUT2D eigenvalue weighted by Crippen LogP contribution is -2.55. The van der Waals surface area contributed by atoms with Crippen LogP contribution in [0, 0.1) is 0 Å². The van der Waals surface area contributed by atoms with E-state index in [1.54, 1.807) is 11.8 Å². The molecule has 1 heterocycles. The van der Waals surface area contributed by atoms with Gasteiger partial charge in [-0.2, -0.15) is 0 Å². The molecule has 3 rings (SSSR count). The van der Waals surface area contributed by atoms with Crippen molar-refractivity contribution in [2.24, 2.45) is 0 Å². The minimum absolute atomic E-state index is 0.0246. The lowest BCUT2D eigenvalue weighted by Gasteiger charge is -2.31. The maximum Gasteiger partial charge on any atom is 0.225 e. The molecule has 148 valence electrons. The fourth-order valence-electron chi connectivity index (χ4n) is 3.11. The van der Waals surface area contributed by atoms with Crippen LogP contribution in [0.5, 0.6) is 0 Å². The average Bonchev–Trinajstić information content (AvgIpc) is 2.67. The van der Waals surface area contributed by atoms with Gasteiger partial charge in [-0.1, -0.05) is 56.3 Å². The first-order chi connectivity index (χ1) is 13.5. The maximum atomic E-state index is 12.4. The van der Waals surface area contributed by atoms with E-state index in [4.69, 9.17) is 0 Å². The largest absolute Gasteiger partial charge is 0.332 e. The van der Waals surface area contributed by atoms with E-state index in [1.165, 1.54) is 11.1 Å². The van der Waals surface area contributed by atoms with E-state index in [1.807, 2.05) is 42.5 Å². The summed E-state index contributed by atoms with van der Waals surface area (Å²) in [4.78, 5) is 24.4. The molecule has 2 aromatic carbocycles. The Kier molecular flexibility index (Phi) is 7.12. The molecule has 1 fully saturated rings. The number of carbonyl (C=O) groups excluding carboxylic acids is 2. The van der Waals surface area contributed by atoms with Crippen molar-refractivity contribution in [2.45, 2.75) is 49.9 Å². The van der Waals surface area contributed by atoms with Gasteiger partial charge in [0, 0.05) is 30.3 Å². The number of amides is 2. The molecule has 2 aromatic rings. The van der Waals surface area contributed by atoms with Crippen LogP contribution in [0.15, 0.2) is 54.6 Å². The van der Waals surface area contributed by atoms with Crippen LogP contribution >= 0.6 is 11.8 Å². The van der Waals surface area contributed by atoms with E-state index in [0.717, 1.165) is 11.4 Å². The van der Waals surface area contributed by atoms with E-state index in [-0.39, 0.29) is 29.8 Å². The number of anilines is 1. The molecule has 0 saturated carbocycles. The topological polar surface area (TPSA) is 70.2 Å². The molecule has 0 bridgehead atoms. The van der Waals surface area contributed by atoms with Crippen LogP contribution < -0.4 is 16.0 Å². The van der Waals surface area contributed by atoms with E-state index >= 15 is 0 Å². The van der Waals surface area contributed by atoms with Crippen molar-refractivity contribution in [1.82, 2.24) is 10.6 Å².